The first kappa shape index (κ1) is 21.8. The minimum atomic E-state index is -3.64. The number of likely N-dealkylation sites (N-methyl/N-ethyl adjacent to an activating group) is 1. The molecule has 0 aliphatic rings. The van der Waals surface area contributed by atoms with E-state index in [1.165, 1.54) is 14.8 Å². The first-order chi connectivity index (χ1) is 14.4. The van der Waals surface area contributed by atoms with Gasteiger partial charge in [0.15, 0.2) is 6.04 Å². The van der Waals surface area contributed by atoms with E-state index in [1.807, 2.05) is 43.3 Å². The van der Waals surface area contributed by atoms with Gasteiger partial charge in [0.2, 0.25) is 0 Å². The lowest BCUT2D eigenvalue weighted by Crippen LogP contribution is -3.06. The molecule has 0 bridgehead atoms. The fraction of sp³-hybridized carbons (Fsp3) is 0.261. The van der Waals surface area contributed by atoms with E-state index in [9.17, 15) is 8.42 Å². The highest BCUT2D eigenvalue weighted by atomic mass is 32.2. The second-order valence-corrected chi connectivity index (χ2v) is 9.23. The highest BCUT2D eigenvalue weighted by molar-refractivity contribution is 7.92. The largest absolute Gasteiger partial charge is 0.330 e. The maximum Gasteiger partial charge on any atom is 0.272 e. The summed E-state index contributed by atoms with van der Waals surface area (Å²) in [5, 5.41) is 3.39. The van der Waals surface area contributed by atoms with Crippen LogP contribution in [0, 0.1) is 0 Å². The van der Waals surface area contributed by atoms with E-state index in [2.05, 4.69) is 36.5 Å². The highest BCUT2D eigenvalue weighted by Crippen LogP contribution is 2.22. The SMILES string of the molecule is CCN(c1ccccc1)S(=O)(=O)c1ccc(NC[C@H](c2ccccc2)[NH+](C)C)[nH+]c1. The fourth-order valence-electron chi connectivity index (χ4n) is 3.45. The van der Waals surface area contributed by atoms with Crippen LogP contribution < -0.4 is 19.5 Å². The number of nitrogens with one attached hydrogen (secondary N) is 3. The molecule has 0 spiro atoms. The standard InChI is InChI=1S/C23H28N4O2S/c1-4-27(20-13-9-6-10-14-20)30(28,29)21-15-16-23(24-17-21)25-18-22(26(2)3)19-11-7-5-8-12-19/h5-17,22H,4,18H2,1-3H3,(H,24,25)/p+2/t22-/m1/s1. The summed E-state index contributed by atoms with van der Waals surface area (Å²) in [6.07, 6.45) is 1.54. The molecule has 0 unspecified atom stereocenters. The number of nitrogens with zero attached hydrogens (tertiary/aromatic N) is 1. The normalized spacial score (nSPS) is 12.5. The van der Waals surface area contributed by atoms with Gasteiger partial charge in [0.05, 0.1) is 19.8 Å². The van der Waals surface area contributed by atoms with Crippen molar-refractivity contribution < 1.29 is 18.3 Å². The van der Waals surface area contributed by atoms with Crippen molar-refractivity contribution in [3.05, 3.63) is 84.6 Å². The summed E-state index contributed by atoms with van der Waals surface area (Å²) in [6.45, 7) is 2.91. The molecule has 0 radical (unpaired) electrons. The number of anilines is 2. The predicted octanol–water partition coefficient (Wildman–Crippen LogP) is 2.01. The van der Waals surface area contributed by atoms with Crippen molar-refractivity contribution in [3.8, 4) is 0 Å². The number of benzene rings is 2. The van der Waals surface area contributed by atoms with Gasteiger partial charge in [-0.1, -0.05) is 48.5 Å². The number of rotatable bonds is 9. The fourth-order valence-corrected chi connectivity index (χ4v) is 4.89. The Labute approximate surface area is 179 Å². The number of quaternary nitrogens is 1. The Hall–Kier alpha value is -2.90. The van der Waals surface area contributed by atoms with Gasteiger partial charge >= 0.3 is 0 Å². The summed E-state index contributed by atoms with van der Waals surface area (Å²) in [6, 6.07) is 23.2. The van der Waals surface area contributed by atoms with E-state index >= 15 is 0 Å². The second kappa shape index (κ2) is 9.73. The smallest absolute Gasteiger partial charge is 0.272 e. The molecule has 1 heterocycles. The lowest BCUT2D eigenvalue weighted by Gasteiger charge is -2.22. The number of hydrogen-bond donors (Lipinski definition) is 2. The molecule has 0 fully saturated rings. The lowest BCUT2D eigenvalue weighted by atomic mass is 10.1. The first-order valence-corrected chi connectivity index (χ1v) is 11.6. The van der Waals surface area contributed by atoms with Crippen LogP contribution in [0.5, 0.6) is 0 Å². The zero-order valence-corrected chi connectivity index (χ0v) is 18.5. The van der Waals surface area contributed by atoms with Gasteiger partial charge in [0, 0.05) is 18.2 Å². The zero-order chi connectivity index (χ0) is 21.6. The molecule has 3 rings (SSSR count). The van der Waals surface area contributed by atoms with Gasteiger partial charge in [0.1, 0.15) is 17.6 Å². The Bertz CT molecular complexity index is 1020. The van der Waals surface area contributed by atoms with Crippen LogP contribution in [0.1, 0.15) is 18.5 Å². The van der Waals surface area contributed by atoms with Crippen LogP contribution in [-0.2, 0) is 10.0 Å². The number of sulfonamides is 1. The average Bonchev–Trinajstić information content (AvgIpc) is 2.76. The third-order valence-electron chi connectivity index (χ3n) is 5.10. The van der Waals surface area contributed by atoms with Gasteiger partial charge in [-0.25, -0.2) is 13.4 Å². The van der Waals surface area contributed by atoms with Crippen molar-refractivity contribution in [2.24, 2.45) is 0 Å². The monoisotopic (exact) mass is 426 g/mol. The Kier molecular flexibility index (Phi) is 7.07. The molecule has 0 aliphatic heterocycles. The van der Waals surface area contributed by atoms with E-state index < -0.39 is 10.0 Å². The number of aromatic nitrogens is 1. The van der Waals surface area contributed by atoms with Crippen molar-refractivity contribution in [2.75, 3.05) is 36.8 Å². The first-order valence-electron chi connectivity index (χ1n) is 10.1. The molecular weight excluding hydrogens is 396 g/mol. The third-order valence-corrected chi connectivity index (χ3v) is 7.00. The Morgan fingerprint density at radius 3 is 2.13 bits per heavy atom. The van der Waals surface area contributed by atoms with Crippen LogP contribution in [-0.4, -0.2) is 35.6 Å². The van der Waals surface area contributed by atoms with Crippen molar-refractivity contribution in [1.82, 2.24) is 0 Å². The van der Waals surface area contributed by atoms with Gasteiger partial charge in [-0.05, 0) is 25.1 Å². The summed E-state index contributed by atoms with van der Waals surface area (Å²) in [5.74, 6) is 0.777. The molecule has 1 atom stereocenters. The number of hydrogen-bond acceptors (Lipinski definition) is 3. The van der Waals surface area contributed by atoms with Crippen LogP contribution in [0.25, 0.3) is 0 Å². The van der Waals surface area contributed by atoms with Gasteiger partial charge < -0.3 is 4.90 Å². The molecule has 2 aromatic carbocycles. The number of aromatic amines is 1. The van der Waals surface area contributed by atoms with Gasteiger partial charge in [-0.15, -0.1) is 0 Å². The van der Waals surface area contributed by atoms with E-state index in [0.29, 0.717) is 12.2 Å². The molecule has 0 saturated heterocycles. The van der Waals surface area contributed by atoms with E-state index in [-0.39, 0.29) is 10.9 Å². The summed E-state index contributed by atoms with van der Waals surface area (Å²) in [4.78, 5) is 4.64. The maximum absolute atomic E-state index is 13.1. The molecule has 1 aromatic heterocycles. The summed E-state index contributed by atoms with van der Waals surface area (Å²) >= 11 is 0. The Balaban J connectivity index is 1.74. The van der Waals surface area contributed by atoms with E-state index in [0.717, 1.165) is 12.4 Å². The number of para-hydroxylation sites is 1. The number of H-pyrrole nitrogens is 1. The number of pyridine rings is 1. The van der Waals surface area contributed by atoms with Gasteiger partial charge in [-0.2, -0.15) is 0 Å². The Morgan fingerprint density at radius 1 is 0.967 bits per heavy atom. The molecule has 6 nitrogen and oxygen atoms in total. The average molecular weight is 427 g/mol. The topological polar surface area (TPSA) is 68.0 Å². The third kappa shape index (κ3) is 4.98. The highest BCUT2D eigenvalue weighted by Gasteiger charge is 2.25. The van der Waals surface area contributed by atoms with Crippen LogP contribution in [0.3, 0.4) is 0 Å². The van der Waals surface area contributed by atoms with Crippen molar-refractivity contribution >= 4 is 21.5 Å². The minimum absolute atomic E-state index is 0.233. The van der Waals surface area contributed by atoms with Crippen molar-refractivity contribution in [3.63, 3.8) is 0 Å². The molecule has 3 aromatic rings. The van der Waals surface area contributed by atoms with Crippen LogP contribution in [0.4, 0.5) is 11.5 Å². The Morgan fingerprint density at radius 2 is 1.60 bits per heavy atom. The second-order valence-electron chi connectivity index (χ2n) is 7.36. The lowest BCUT2D eigenvalue weighted by molar-refractivity contribution is -0.890. The minimum Gasteiger partial charge on any atom is -0.330 e. The van der Waals surface area contributed by atoms with Gasteiger partial charge in [-0.3, -0.25) is 9.62 Å². The maximum atomic E-state index is 13.1. The molecule has 7 heteroatoms. The van der Waals surface area contributed by atoms with E-state index in [1.54, 1.807) is 30.5 Å². The van der Waals surface area contributed by atoms with Crippen molar-refractivity contribution in [1.29, 1.82) is 0 Å². The molecule has 0 aliphatic carbocycles. The molecular formula is C23H30N4O2S+2. The summed E-state index contributed by atoms with van der Waals surface area (Å²) < 4.78 is 27.6. The molecule has 0 saturated carbocycles. The van der Waals surface area contributed by atoms with Crippen LogP contribution >= 0.6 is 0 Å². The van der Waals surface area contributed by atoms with Crippen LogP contribution in [0.2, 0.25) is 0 Å². The van der Waals surface area contributed by atoms with Crippen molar-refractivity contribution in [2.45, 2.75) is 17.9 Å². The predicted molar refractivity (Wildman–Crippen MR) is 120 cm³/mol. The molecule has 3 N–H and O–H groups in total. The molecule has 30 heavy (non-hydrogen) atoms. The molecule has 158 valence electrons. The van der Waals surface area contributed by atoms with E-state index in [4.69, 9.17) is 0 Å². The summed E-state index contributed by atoms with van der Waals surface area (Å²) in [5.41, 5.74) is 1.91. The quantitative estimate of drug-likeness (QED) is 0.550. The molecule has 0 amide bonds. The summed E-state index contributed by atoms with van der Waals surface area (Å²) in [7, 11) is 0.615. The van der Waals surface area contributed by atoms with Crippen LogP contribution in [0.15, 0.2) is 83.9 Å². The van der Waals surface area contributed by atoms with Gasteiger partial charge in [0.25, 0.3) is 15.8 Å². The zero-order valence-electron chi connectivity index (χ0n) is 17.7.